The number of para-hydroxylation sites is 1. The molecule has 0 radical (unpaired) electrons. The summed E-state index contributed by atoms with van der Waals surface area (Å²) in [5, 5.41) is 0.680. The largest absolute Gasteiger partial charge is 0.468 e. The Hall–Kier alpha value is -2.43. The molecule has 0 N–H and O–H groups in total. The van der Waals surface area contributed by atoms with Crippen molar-refractivity contribution < 1.29 is 23.8 Å². The maximum Gasteiger partial charge on any atom is 0.325 e. The number of nitrogens with zero attached hydrogens (tertiary/aromatic N) is 3. The molecule has 0 bridgehead atoms. The number of methoxy groups -OCH3 is 3. The van der Waals surface area contributed by atoms with Crippen LogP contribution in [-0.4, -0.2) is 79.7 Å². The number of fused-ring (bicyclic) bond motifs is 1. The van der Waals surface area contributed by atoms with Crippen molar-refractivity contribution in [3.05, 3.63) is 34.6 Å². The first kappa shape index (κ1) is 22.9. The predicted octanol–water partition coefficient (Wildman–Crippen LogP) is 0.783. The minimum absolute atomic E-state index is 0.0549. The molecular formula is C19H25N3O6S. The van der Waals surface area contributed by atoms with Crippen molar-refractivity contribution in [2.24, 2.45) is 0 Å². The van der Waals surface area contributed by atoms with Gasteiger partial charge in [0, 0.05) is 27.3 Å². The molecule has 0 atom stereocenters. The second-order valence-corrected chi connectivity index (χ2v) is 6.98. The number of ether oxygens (including phenoxy) is 3. The third-order valence-corrected chi connectivity index (χ3v) is 5.11. The summed E-state index contributed by atoms with van der Waals surface area (Å²) in [6.45, 7) is 1.39. The molecule has 2 aromatic rings. The van der Waals surface area contributed by atoms with Crippen molar-refractivity contribution in [2.45, 2.75) is 11.7 Å². The van der Waals surface area contributed by atoms with E-state index >= 15 is 0 Å². The van der Waals surface area contributed by atoms with E-state index < -0.39 is 5.97 Å². The van der Waals surface area contributed by atoms with Crippen LogP contribution in [0.1, 0.15) is 0 Å². The van der Waals surface area contributed by atoms with Gasteiger partial charge in [-0.2, -0.15) is 0 Å². The first-order valence-corrected chi connectivity index (χ1v) is 9.95. The number of carbonyl (C=O) groups is 2. The highest BCUT2D eigenvalue weighted by Crippen LogP contribution is 2.18. The van der Waals surface area contributed by atoms with Gasteiger partial charge in [0.25, 0.3) is 5.56 Å². The molecule has 2 rings (SSSR count). The van der Waals surface area contributed by atoms with Crippen molar-refractivity contribution in [2.75, 3.05) is 53.4 Å². The monoisotopic (exact) mass is 423 g/mol. The zero-order chi connectivity index (χ0) is 21.2. The molecule has 0 saturated heterocycles. The highest BCUT2D eigenvalue weighted by molar-refractivity contribution is 7.99. The van der Waals surface area contributed by atoms with Crippen LogP contribution in [0.25, 0.3) is 10.9 Å². The van der Waals surface area contributed by atoms with Crippen LogP contribution in [0.4, 0.5) is 0 Å². The van der Waals surface area contributed by atoms with Crippen LogP contribution < -0.4 is 5.56 Å². The van der Waals surface area contributed by atoms with Crippen LogP contribution in [-0.2, 0) is 30.3 Å². The highest BCUT2D eigenvalue weighted by atomic mass is 32.2. The normalized spacial score (nSPS) is 10.9. The van der Waals surface area contributed by atoms with Gasteiger partial charge in [-0.3, -0.25) is 19.0 Å². The van der Waals surface area contributed by atoms with Gasteiger partial charge in [0.1, 0.15) is 6.54 Å². The van der Waals surface area contributed by atoms with Crippen molar-refractivity contribution in [3.63, 3.8) is 0 Å². The van der Waals surface area contributed by atoms with E-state index in [0.29, 0.717) is 37.2 Å². The van der Waals surface area contributed by atoms with Crippen molar-refractivity contribution in [3.8, 4) is 0 Å². The number of benzene rings is 1. The van der Waals surface area contributed by atoms with Gasteiger partial charge in [-0.05, 0) is 12.1 Å². The lowest BCUT2D eigenvalue weighted by molar-refractivity contribution is -0.141. The predicted molar refractivity (Wildman–Crippen MR) is 109 cm³/mol. The fourth-order valence-electron chi connectivity index (χ4n) is 2.57. The van der Waals surface area contributed by atoms with Gasteiger partial charge in [-0.15, -0.1) is 0 Å². The Morgan fingerprint density at radius 2 is 1.76 bits per heavy atom. The van der Waals surface area contributed by atoms with Gasteiger partial charge >= 0.3 is 5.97 Å². The summed E-state index contributed by atoms with van der Waals surface area (Å²) in [6, 6.07) is 6.87. The second kappa shape index (κ2) is 11.5. The molecule has 1 heterocycles. The Balaban J connectivity index is 2.26. The summed E-state index contributed by atoms with van der Waals surface area (Å²) in [5.74, 6) is -0.658. The first-order valence-electron chi connectivity index (χ1n) is 8.96. The number of carbonyl (C=O) groups excluding carboxylic acids is 2. The number of thioether (sulfide) groups is 1. The Labute approximate surface area is 172 Å². The average Bonchev–Trinajstić information content (AvgIpc) is 2.74. The highest BCUT2D eigenvalue weighted by Gasteiger charge is 2.18. The van der Waals surface area contributed by atoms with Crippen molar-refractivity contribution in [1.29, 1.82) is 0 Å². The molecule has 0 aliphatic carbocycles. The fraction of sp³-hybridized carbons (Fsp3) is 0.474. The van der Waals surface area contributed by atoms with E-state index in [-0.39, 0.29) is 28.9 Å². The molecule has 0 aliphatic heterocycles. The quantitative estimate of drug-likeness (QED) is 0.297. The maximum atomic E-state index is 12.8. The number of hydrogen-bond donors (Lipinski definition) is 0. The topological polar surface area (TPSA) is 100.0 Å². The maximum absolute atomic E-state index is 12.8. The molecular weight excluding hydrogens is 398 g/mol. The Morgan fingerprint density at radius 3 is 2.38 bits per heavy atom. The van der Waals surface area contributed by atoms with E-state index in [4.69, 9.17) is 9.47 Å². The lowest BCUT2D eigenvalue weighted by Gasteiger charge is -2.22. The Morgan fingerprint density at radius 1 is 1.10 bits per heavy atom. The number of rotatable bonds is 11. The van der Waals surface area contributed by atoms with Crippen molar-refractivity contribution in [1.82, 2.24) is 14.5 Å². The Bertz CT molecular complexity index is 893. The molecule has 0 unspecified atom stereocenters. The van der Waals surface area contributed by atoms with Crippen LogP contribution >= 0.6 is 11.8 Å². The van der Waals surface area contributed by atoms with E-state index in [1.165, 1.54) is 11.7 Å². The van der Waals surface area contributed by atoms with Gasteiger partial charge < -0.3 is 19.1 Å². The molecule has 158 valence electrons. The summed E-state index contributed by atoms with van der Waals surface area (Å²) in [4.78, 5) is 43.4. The second-order valence-electron chi connectivity index (χ2n) is 6.03. The smallest absolute Gasteiger partial charge is 0.325 e. The SMILES string of the molecule is COCCN(CCOC)C(=O)CSc1nc2ccccc2c(=O)n1CC(=O)OC. The van der Waals surface area contributed by atoms with E-state index in [1.54, 1.807) is 43.4 Å². The summed E-state index contributed by atoms with van der Waals surface area (Å²) in [7, 11) is 4.39. The zero-order valence-electron chi connectivity index (χ0n) is 16.8. The Kier molecular flexibility index (Phi) is 9.10. The summed E-state index contributed by atoms with van der Waals surface area (Å²) < 4.78 is 16.0. The number of hydrogen-bond acceptors (Lipinski definition) is 8. The van der Waals surface area contributed by atoms with Gasteiger partial charge in [0.15, 0.2) is 5.16 Å². The number of esters is 1. The van der Waals surface area contributed by atoms with Crippen LogP contribution in [0, 0.1) is 0 Å². The third kappa shape index (κ3) is 6.28. The van der Waals surface area contributed by atoms with Gasteiger partial charge in [-0.1, -0.05) is 23.9 Å². The third-order valence-electron chi connectivity index (χ3n) is 4.15. The molecule has 1 amide bonds. The number of amides is 1. The van der Waals surface area contributed by atoms with E-state index in [0.717, 1.165) is 11.8 Å². The van der Waals surface area contributed by atoms with E-state index in [1.807, 2.05) is 0 Å². The lowest BCUT2D eigenvalue weighted by atomic mass is 10.2. The molecule has 0 spiro atoms. The minimum Gasteiger partial charge on any atom is -0.468 e. The summed E-state index contributed by atoms with van der Waals surface area (Å²) >= 11 is 1.10. The van der Waals surface area contributed by atoms with Gasteiger partial charge in [0.2, 0.25) is 5.91 Å². The van der Waals surface area contributed by atoms with Gasteiger partial charge in [0.05, 0.1) is 37.0 Å². The first-order chi connectivity index (χ1) is 14.0. The molecule has 29 heavy (non-hydrogen) atoms. The summed E-state index contributed by atoms with van der Waals surface area (Å²) in [6.07, 6.45) is 0. The lowest BCUT2D eigenvalue weighted by Crippen LogP contribution is -2.37. The van der Waals surface area contributed by atoms with Crippen LogP contribution in [0.5, 0.6) is 0 Å². The van der Waals surface area contributed by atoms with Gasteiger partial charge in [-0.25, -0.2) is 4.98 Å². The van der Waals surface area contributed by atoms with Crippen molar-refractivity contribution >= 4 is 34.5 Å². The molecule has 9 nitrogen and oxygen atoms in total. The van der Waals surface area contributed by atoms with Crippen LogP contribution in [0.2, 0.25) is 0 Å². The molecule has 10 heteroatoms. The van der Waals surface area contributed by atoms with Crippen LogP contribution in [0.15, 0.2) is 34.2 Å². The summed E-state index contributed by atoms with van der Waals surface area (Å²) in [5.41, 5.74) is 0.149. The molecule has 0 fully saturated rings. The van der Waals surface area contributed by atoms with E-state index in [2.05, 4.69) is 9.72 Å². The number of aromatic nitrogens is 2. The molecule has 0 saturated carbocycles. The average molecular weight is 423 g/mol. The minimum atomic E-state index is -0.570. The zero-order valence-corrected chi connectivity index (χ0v) is 17.6. The van der Waals surface area contributed by atoms with Crippen LogP contribution in [0.3, 0.4) is 0 Å². The molecule has 1 aromatic carbocycles. The standard InChI is InChI=1S/C19H25N3O6S/c1-26-10-8-21(9-11-27-2)16(23)13-29-19-20-15-7-5-4-6-14(15)18(25)22(19)12-17(24)28-3/h4-7H,8-13H2,1-3H3. The fourth-order valence-corrected chi connectivity index (χ4v) is 3.47. The molecule has 0 aliphatic rings. The molecule has 1 aromatic heterocycles. The van der Waals surface area contributed by atoms with E-state index in [9.17, 15) is 14.4 Å².